The van der Waals surface area contributed by atoms with E-state index in [0.717, 1.165) is 27.8 Å². The first-order valence-electron chi connectivity index (χ1n) is 14.1. The average molecular weight is 578 g/mol. The van der Waals surface area contributed by atoms with Gasteiger partial charge in [-0.1, -0.05) is 66.7 Å². The van der Waals surface area contributed by atoms with Crippen LogP contribution in [0, 0.1) is 20.8 Å². The molecule has 0 aromatic heterocycles. The second-order valence-corrected chi connectivity index (χ2v) is 13.0. The minimum atomic E-state index is -3.57. The Kier molecular flexibility index (Phi) is 11.1. The Hall–Kier alpha value is -3.65. The maximum Gasteiger partial charge on any atom is 0.243 e. The third kappa shape index (κ3) is 9.18. The second-order valence-electron chi connectivity index (χ2n) is 11.0. The summed E-state index contributed by atoms with van der Waals surface area (Å²) in [4.78, 5) is 29.2. The second kappa shape index (κ2) is 14.3. The van der Waals surface area contributed by atoms with Crippen molar-refractivity contribution in [3.8, 4) is 0 Å². The van der Waals surface area contributed by atoms with Crippen LogP contribution < -0.4 is 9.62 Å². The molecule has 7 nitrogen and oxygen atoms in total. The standard InChI is InChI=1S/C33H43N3O4S/c1-24(2)34-33(38)31(22-28-14-8-7-9-15-28)35(23-29-16-11-10-13-26(29)4)32(37)17-12-20-36(41(6,39)40)30-21-25(3)18-19-27(30)5/h7-11,13-16,18-19,21,24,31H,12,17,20,22-23H2,1-6H3,(H,34,38). The first kappa shape index (κ1) is 31.9. The number of hydrogen-bond donors (Lipinski definition) is 1. The summed E-state index contributed by atoms with van der Waals surface area (Å²) >= 11 is 0. The molecule has 0 saturated carbocycles. The largest absolute Gasteiger partial charge is 0.352 e. The average Bonchev–Trinajstić information content (AvgIpc) is 2.90. The molecular weight excluding hydrogens is 534 g/mol. The summed E-state index contributed by atoms with van der Waals surface area (Å²) in [6, 6.07) is 22.4. The molecule has 220 valence electrons. The Morgan fingerprint density at radius 3 is 2.17 bits per heavy atom. The van der Waals surface area contributed by atoms with Gasteiger partial charge in [0.25, 0.3) is 0 Å². The summed E-state index contributed by atoms with van der Waals surface area (Å²) < 4.78 is 26.9. The molecule has 2 amide bonds. The molecule has 0 bridgehead atoms. The summed E-state index contributed by atoms with van der Waals surface area (Å²) in [5, 5.41) is 3.01. The normalized spacial score (nSPS) is 12.2. The van der Waals surface area contributed by atoms with Crippen LogP contribution in [-0.4, -0.2) is 50.0 Å². The van der Waals surface area contributed by atoms with E-state index in [-0.39, 0.29) is 37.4 Å². The number of aryl methyl sites for hydroxylation is 3. The molecule has 3 rings (SSSR count). The lowest BCUT2D eigenvalue weighted by atomic mass is 10.0. The van der Waals surface area contributed by atoms with Gasteiger partial charge in [0, 0.05) is 32.0 Å². The molecule has 0 aliphatic carbocycles. The fraction of sp³-hybridized carbons (Fsp3) is 0.394. The van der Waals surface area contributed by atoms with Crippen LogP contribution in [0.2, 0.25) is 0 Å². The van der Waals surface area contributed by atoms with Crippen LogP contribution in [0.3, 0.4) is 0 Å². The van der Waals surface area contributed by atoms with E-state index in [4.69, 9.17) is 0 Å². The minimum absolute atomic E-state index is 0.0860. The minimum Gasteiger partial charge on any atom is -0.352 e. The quantitative estimate of drug-likeness (QED) is 0.298. The van der Waals surface area contributed by atoms with Crippen LogP contribution in [0.5, 0.6) is 0 Å². The van der Waals surface area contributed by atoms with E-state index >= 15 is 0 Å². The molecule has 0 aliphatic heterocycles. The molecule has 0 fully saturated rings. The van der Waals surface area contributed by atoms with Crippen molar-refractivity contribution in [3.63, 3.8) is 0 Å². The van der Waals surface area contributed by atoms with E-state index in [0.29, 0.717) is 18.5 Å². The van der Waals surface area contributed by atoms with Gasteiger partial charge in [-0.05, 0) is 74.9 Å². The number of amides is 2. The third-order valence-corrected chi connectivity index (χ3v) is 8.27. The Balaban J connectivity index is 1.91. The van der Waals surface area contributed by atoms with E-state index in [1.165, 1.54) is 10.6 Å². The molecule has 1 unspecified atom stereocenters. The number of sulfonamides is 1. The lowest BCUT2D eigenvalue weighted by molar-refractivity contribution is -0.141. The summed E-state index contributed by atoms with van der Waals surface area (Å²) in [5.41, 5.74) is 5.38. The fourth-order valence-corrected chi connectivity index (χ4v) is 5.89. The maximum absolute atomic E-state index is 13.9. The summed E-state index contributed by atoms with van der Waals surface area (Å²) in [7, 11) is -3.57. The maximum atomic E-state index is 13.9. The zero-order valence-electron chi connectivity index (χ0n) is 25.1. The Morgan fingerprint density at radius 2 is 1.54 bits per heavy atom. The summed E-state index contributed by atoms with van der Waals surface area (Å²) in [6.45, 7) is 10.0. The van der Waals surface area contributed by atoms with Crippen LogP contribution >= 0.6 is 0 Å². The van der Waals surface area contributed by atoms with E-state index in [2.05, 4.69) is 5.32 Å². The van der Waals surface area contributed by atoms with Crippen LogP contribution in [0.25, 0.3) is 0 Å². The van der Waals surface area contributed by atoms with Crippen LogP contribution in [0.15, 0.2) is 72.8 Å². The smallest absolute Gasteiger partial charge is 0.243 e. The number of benzene rings is 3. The van der Waals surface area contributed by atoms with E-state index < -0.39 is 16.1 Å². The highest BCUT2D eigenvalue weighted by molar-refractivity contribution is 7.92. The van der Waals surface area contributed by atoms with Crippen molar-refractivity contribution < 1.29 is 18.0 Å². The highest BCUT2D eigenvalue weighted by atomic mass is 32.2. The van der Waals surface area contributed by atoms with Gasteiger partial charge in [-0.2, -0.15) is 0 Å². The molecular formula is C33H43N3O4S. The molecule has 0 saturated heterocycles. The Morgan fingerprint density at radius 1 is 0.878 bits per heavy atom. The van der Waals surface area contributed by atoms with Gasteiger partial charge in [0.05, 0.1) is 11.9 Å². The molecule has 8 heteroatoms. The molecule has 3 aromatic carbocycles. The van der Waals surface area contributed by atoms with Gasteiger partial charge in [0.2, 0.25) is 21.8 Å². The number of nitrogens with one attached hydrogen (secondary N) is 1. The molecule has 0 heterocycles. The summed E-state index contributed by atoms with van der Waals surface area (Å²) in [6.07, 6.45) is 1.97. The van der Waals surface area contributed by atoms with Gasteiger partial charge < -0.3 is 10.2 Å². The van der Waals surface area contributed by atoms with Crippen molar-refractivity contribution in [1.29, 1.82) is 0 Å². The van der Waals surface area contributed by atoms with Crippen molar-refractivity contribution in [2.75, 3.05) is 17.1 Å². The molecule has 0 spiro atoms. The molecule has 1 N–H and O–H groups in total. The molecule has 0 aliphatic rings. The third-order valence-electron chi connectivity index (χ3n) is 7.09. The Labute approximate surface area is 245 Å². The van der Waals surface area contributed by atoms with Crippen molar-refractivity contribution in [3.05, 3.63) is 101 Å². The topological polar surface area (TPSA) is 86.8 Å². The van der Waals surface area contributed by atoms with E-state index in [1.807, 2.05) is 107 Å². The lowest BCUT2D eigenvalue weighted by Gasteiger charge is -2.33. The van der Waals surface area contributed by atoms with Gasteiger partial charge in [0.1, 0.15) is 6.04 Å². The van der Waals surface area contributed by atoms with Gasteiger partial charge >= 0.3 is 0 Å². The Bertz CT molecular complexity index is 1440. The number of nitrogens with zero attached hydrogens (tertiary/aromatic N) is 2. The van der Waals surface area contributed by atoms with Crippen molar-refractivity contribution in [2.45, 2.75) is 72.5 Å². The highest BCUT2D eigenvalue weighted by Gasteiger charge is 2.31. The first-order valence-corrected chi connectivity index (χ1v) is 15.9. The SMILES string of the molecule is Cc1ccc(C)c(N(CCCC(=O)N(Cc2ccccc2C)C(Cc2ccccc2)C(=O)NC(C)C)S(C)(=O)=O)c1. The van der Waals surface area contributed by atoms with E-state index in [1.54, 1.807) is 4.90 Å². The molecule has 41 heavy (non-hydrogen) atoms. The fourth-order valence-electron chi connectivity index (χ4n) is 4.88. The number of carbonyl (C=O) groups excluding carboxylic acids is 2. The lowest BCUT2D eigenvalue weighted by Crippen LogP contribution is -2.52. The zero-order valence-corrected chi connectivity index (χ0v) is 25.9. The highest BCUT2D eigenvalue weighted by Crippen LogP contribution is 2.25. The van der Waals surface area contributed by atoms with Gasteiger partial charge in [-0.3, -0.25) is 13.9 Å². The van der Waals surface area contributed by atoms with Crippen LogP contribution in [0.1, 0.15) is 54.5 Å². The number of anilines is 1. The monoisotopic (exact) mass is 577 g/mol. The van der Waals surface area contributed by atoms with Crippen LogP contribution in [0.4, 0.5) is 5.69 Å². The van der Waals surface area contributed by atoms with Gasteiger partial charge in [-0.15, -0.1) is 0 Å². The number of hydrogen-bond acceptors (Lipinski definition) is 4. The molecule has 3 aromatic rings. The molecule has 0 radical (unpaired) electrons. The van der Waals surface area contributed by atoms with Crippen molar-refractivity contribution in [1.82, 2.24) is 10.2 Å². The van der Waals surface area contributed by atoms with Crippen molar-refractivity contribution in [2.24, 2.45) is 0 Å². The van der Waals surface area contributed by atoms with Crippen molar-refractivity contribution >= 4 is 27.5 Å². The predicted molar refractivity (Wildman–Crippen MR) is 166 cm³/mol. The van der Waals surface area contributed by atoms with Crippen LogP contribution in [-0.2, 0) is 32.6 Å². The van der Waals surface area contributed by atoms with Gasteiger partial charge in [0.15, 0.2) is 0 Å². The molecule has 1 atom stereocenters. The predicted octanol–water partition coefficient (Wildman–Crippen LogP) is 5.32. The number of rotatable bonds is 13. The van der Waals surface area contributed by atoms with Gasteiger partial charge in [-0.25, -0.2) is 8.42 Å². The first-order chi connectivity index (χ1) is 19.4. The van der Waals surface area contributed by atoms with E-state index in [9.17, 15) is 18.0 Å². The zero-order chi connectivity index (χ0) is 30.2. The number of carbonyl (C=O) groups is 2. The summed E-state index contributed by atoms with van der Waals surface area (Å²) in [5.74, 6) is -0.401.